The van der Waals surface area contributed by atoms with E-state index in [2.05, 4.69) is 0 Å². The summed E-state index contributed by atoms with van der Waals surface area (Å²) >= 11 is 1.57. The van der Waals surface area contributed by atoms with Crippen LogP contribution >= 0.6 is 11.8 Å². The molecule has 1 N–H and O–H groups in total. The van der Waals surface area contributed by atoms with Crippen LogP contribution in [0.2, 0.25) is 0 Å². The van der Waals surface area contributed by atoms with E-state index in [0.29, 0.717) is 30.4 Å². The Kier molecular flexibility index (Phi) is 5.50. The lowest BCUT2D eigenvalue weighted by Gasteiger charge is -2.34. The van der Waals surface area contributed by atoms with Gasteiger partial charge >= 0.3 is 5.97 Å². The molecule has 4 nitrogen and oxygen atoms in total. The van der Waals surface area contributed by atoms with Crippen LogP contribution in [-0.4, -0.2) is 45.0 Å². The number of carboxylic acid groups (broad SMARTS) is 1. The number of nitrogens with zero attached hydrogens (tertiary/aromatic N) is 1. The van der Waals surface area contributed by atoms with Gasteiger partial charge in [-0.05, 0) is 24.5 Å². The molecule has 1 saturated heterocycles. The first kappa shape index (κ1) is 15.3. The summed E-state index contributed by atoms with van der Waals surface area (Å²) in [6.45, 7) is 6.63. The van der Waals surface area contributed by atoms with Gasteiger partial charge in [0, 0.05) is 6.54 Å². The zero-order valence-electron chi connectivity index (χ0n) is 11.4. The number of thioether (sulfide) groups is 1. The van der Waals surface area contributed by atoms with E-state index in [0.717, 1.165) is 12.8 Å². The molecule has 1 fully saturated rings. The van der Waals surface area contributed by atoms with E-state index in [4.69, 9.17) is 0 Å². The maximum absolute atomic E-state index is 12.2. The van der Waals surface area contributed by atoms with Gasteiger partial charge < -0.3 is 10.0 Å². The van der Waals surface area contributed by atoms with E-state index in [1.165, 1.54) is 0 Å². The van der Waals surface area contributed by atoms with Gasteiger partial charge in [-0.15, -0.1) is 11.8 Å². The van der Waals surface area contributed by atoms with Gasteiger partial charge in [0.15, 0.2) is 0 Å². The molecule has 1 heterocycles. The standard InChI is InChI=1S/C13H23NO3S/c1-4-6-13(12(16)17)7-5-8-14(13)11(15)9-18-10(2)3/h10H,4-9H2,1-3H3,(H,16,17). The quantitative estimate of drug-likeness (QED) is 0.807. The Labute approximate surface area is 113 Å². The van der Waals surface area contributed by atoms with Crippen molar-refractivity contribution in [3.63, 3.8) is 0 Å². The van der Waals surface area contributed by atoms with Gasteiger partial charge in [0.1, 0.15) is 5.54 Å². The topological polar surface area (TPSA) is 57.6 Å². The minimum atomic E-state index is -0.941. The molecular weight excluding hydrogens is 250 g/mol. The Hall–Kier alpha value is -0.710. The Balaban J connectivity index is 2.78. The van der Waals surface area contributed by atoms with Crippen molar-refractivity contribution in [1.82, 2.24) is 4.90 Å². The maximum Gasteiger partial charge on any atom is 0.329 e. The molecule has 1 rings (SSSR count). The molecule has 104 valence electrons. The van der Waals surface area contributed by atoms with Crippen LogP contribution in [0.5, 0.6) is 0 Å². The number of carbonyl (C=O) groups excluding carboxylic acids is 1. The predicted octanol–water partition coefficient (Wildman–Crippen LogP) is 2.37. The Morgan fingerprint density at radius 2 is 2.11 bits per heavy atom. The van der Waals surface area contributed by atoms with Crippen molar-refractivity contribution < 1.29 is 14.7 Å². The third-order valence-corrected chi connectivity index (χ3v) is 4.47. The molecule has 1 atom stereocenters. The van der Waals surface area contributed by atoms with Gasteiger partial charge in [0.2, 0.25) is 5.91 Å². The van der Waals surface area contributed by atoms with E-state index < -0.39 is 11.5 Å². The number of hydrogen-bond donors (Lipinski definition) is 1. The van der Waals surface area contributed by atoms with Gasteiger partial charge in [-0.2, -0.15) is 0 Å². The van der Waals surface area contributed by atoms with E-state index in [9.17, 15) is 14.7 Å². The second kappa shape index (κ2) is 6.45. The van der Waals surface area contributed by atoms with E-state index >= 15 is 0 Å². The van der Waals surface area contributed by atoms with Crippen molar-refractivity contribution in [2.75, 3.05) is 12.3 Å². The molecule has 0 aromatic heterocycles. The smallest absolute Gasteiger partial charge is 0.329 e. The highest BCUT2D eigenvalue weighted by molar-refractivity contribution is 8.00. The minimum absolute atomic E-state index is 0.0259. The average Bonchev–Trinajstić information content (AvgIpc) is 2.71. The predicted molar refractivity (Wildman–Crippen MR) is 73.8 cm³/mol. The molecule has 1 amide bonds. The molecule has 0 aromatic carbocycles. The van der Waals surface area contributed by atoms with Crippen molar-refractivity contribution in [3.05, 3.63) is 0 Å². The Bertz CT molecular complexity index is 319. The number of hydrogen-bond acceptors (Lipinski definition) is 3. The highest BCUT2D eigenvalue weighted by atomic mass is 32.2. The van der Waals surface area contributed by atoms with Crippen LogP contribution in [0.15, 0.2) is 0 Å². The molecular formula is C13H23NO3S. The van der Waals surface area contributed by atoms with E-state index in [-0.39, 0.29) is 5.91 Å². The molecule has 5 heteroatoms. The lowest BCUT2D eigenvalue weighted by atomic mass is 9.90. The van der Waals surface area contributed by atoms with Crippen LogP contribution < -0.4 is 0 Å². The highest BCUT2D eigenvalue weighted by Gasteiger charge is 2.48. The van der Waals surface area contributed by atoms with Crippen LogP contribution in [0.3, 0.4) is 0 Å². The zero-order valence-corrected chi connectivity index (χ0v) is 12.3. The van der Waals surface area contributed by atoms with Crippen LogP contribution in [0, 0.1) is 0 Å². The highest BCUT2D eigenvalue weighted by Crippen LogP contribution is 2.34. The second-order valence-electron chi connectivity index (χ2n) is 5.10. The SMILES string of the molecule is CCCC1(C(=O)O)CCCN1C(=O)CSC(C)C. The third-order valence-electron chi connectivity index (χ3n) is 3.39. The van der Waals surface area contributed by atoms with Crippen molar-refractivity contribution in [2.24, 2.45) is 0 Å². The molecule has 0 spiro atoms. The minimum Gasteiger partial charge on any atom is -0.479 e. The van der Waals surface area contributed by atoms with Crippen LogP contribution in [0.1, 0.15) is 46.5 Å². The fourth-order valence-electron chi connectivity index (χ4n) is 2.56. The summed E-state index contributed by atoms with van der Waals surface area (Å²) in [5, 5.41) is 9.88. The number of amides is 1. The fraction of sp³-hybridized carbons (Fsp3) is 0.846. The molecule has 18 heavy (non-hydrogen) atoms. The monoisotopic (exact) mass is 273 g/mol. The number of carboxylic acids is 1. The lowest BCUT2D eigenvalue weighted by Crippen LogP contribution is -2.53. The lowest BCUT2D eigenvalue weighted by molar-refractivity contribution is -0.156. The van der Waals surface area contributed by atoms with Gasteiger partial charge in [0.05, 0.1) is 5.75 Å². The molecule has 0 bridgehead atoms. The van der Waals surface area contributed by atoms with Gasteiger partial charge in [0.25, 0.3) is 0 Å². The Morgan fingerprint density at radius 3 is 2.61 bits per heavy atom. The zero-order chi connectivity index (χ0) is 13.8. The van der Waals surface area contributed by atoms with E-state index in [1.54, 1.807) is 16.7 Å². The molecule has 0 aliphatic carbocycles. The number of likely N-dealkylation sites (tertiary alicyclic amines) is 1. The van der Waals surface area contributed by atoms with Crippen molar-refractivity contribution in [1.29, 1.82) is 0 Å². The molecule has 1 aliphatic heterocycles. The molecule has 1 unspecified atom stereocenters. The Morgan fingerprint density at radius 1 is 1.44 bits per heavy atom. The summed E-state index contributed by atoms with van der Waals surface area (Å²) in [5.41, 5.74) is -0.941. The van der Waals surface area contributed by atoms with Gasteiger partial charge in [-0.25, -0.2) is 4.79 Å². The van der Waals surface area contributed by atoms with Crippen molar-refractivity contribution >= 4 is 23.6 Å². The summed E-state index contributed by atoms with van der Waals surface area (Å²) in [6, 6.07) is 0. The first-order valence-electron chi connectivity index (χ1n) is 6.59. The number of carbonyl (C=O) groups is 2. The first-order chi connectivity index (χ1) is 8.44. The summed E-state index contributed by atoms with van der Waals surface area (Å²) in [6.07, 6.45) is 2.73. The van der Waals surface area contributed by atoms with E-state index in [1.807, 2.05) is 20.8 Å². The molecule has 1 aliphatic rings. The van der Waals surface area contributed by atoms with Crippen LogP contribution in [0.4, 0.5) is 0 Å². The maximum atomic E-state index is 12.2. The van der Waals surface area contributed by atoms with Gasteiger partial charge in [-0.3, -0.25) is 4.79 Å². The van der Waals surface area contributed by atoms with Crippen molar-refractivity contribution in [2.45, 2.75) is 57.2 Å². The summed E-state index contributed by atoms with van der Waals surface area (Å²) in [7, 11) is 0. The average molecular weight is 273 g/mol. The summed E-state index contributed by atoms with van der Waals surface area (Å²) in [4.78, 5) is 25.4. The van der Waals surface area contributed by atoms with Crippen LogP contribution in [0.25, 0.3) is 0 Å². The van der Waals surface area contributed by atoms with Crippen LogP contribution in [-0.2, 0) is 9.59 Å². The summed E-state index contributed by atoms with van der Waals surface area (Å²) in [5.74, 6) is -0.483. The summed E-state index contributed by atoms with van der Waals surface area (Å²) < 4.78 is 0. The molecule has 0 radical (unpaired) electrons. The third kappa shape index (κ3) is 3.19. The normalized spacial score (nSPS) is 23.7. The van der Waals surface area contributed by atoms with Crippen molar-refractivity contribution in [3.8, 4) is 0 Å². The number of aliphatic carboxylic acids is 1. The molecule has 0 saturated carbocycles. The fourth-order valence-corrected chi connectivity index (χ4v) is 3.19. The first-order valence-corrected chi connectivity index (χ1v) is 7.64. The molecule has 0 aromatic rings. The largest absolute Gasteiger partial charge is 0.479 e. The number of rotatable bonds is 6. The second-order valence-corrected chi connectivity index (χ2v) is 6.66. The van der Waals surface area contributed by atoms with Gasteiger partial charge in [-0.1, -0.05) is 27.2 Å².